The van der Waals surface area contributed by atoms with Crippen molar-refractivity contribution in [1.29, 1.82) is 0 Å². The number of hydrogen-bond acceptors (Lipinski definition) is 6. The molecule has 0 aliphatic carbocycles. The topological polar surface area (TPSA) is 107 Å². The quantitative estimate of drug-likeness (QED) is 0.470. The Morgan fingerprint density at radius 3 is 2.27 bits per heavy atom. The summed E-state index contributed by atoms with van der Waals surface area (Å²) < 4.78 is 12.6. The second kappa shape index (κ2) is 10.6. The lowest BCUT2D eigenvalue weighted by molar-refractivity contribution is 0.0933. The molecule has 0 bridgehead atoms. The Balaban J connectivity index is 1.90. The van der Waals surface area contributed by atoms with Crippen LogP contribution >= 0.6 is 0 Å². The van der Waals surface area contributed by atoms with Gasteiger partial charge in [0, 0.05) is 12.1 Å². The molecule has 0 radical (unpaired) electrons. The summed E-state index contributed by atoms with van der Waals surface area (Å²) in [4.78, 5) is 25.8. The van der Waals surface area contributed by atoms with Crippen LogP contribution in [-0.4, -0.2) is 47.6 Å². The van der Waals surface area contributed by atoms with E-state index < -0.39 is 0 Å². The molecule has 3 aromatic rings. The van der Waals surface area contributed by atoms with Gasteiger partial charge in [0.2, 0.25) is 0 Å². The van der Waals surface area contributed by atoms with Gasteiger partial charge in [-0.1, -0.05) is 52.8 Å². The molecule has 9 nitrogen and oxygen atoms in total. The zero-order valence-electron chi connectivity index (χ0n) is 23.1. The lowest BCUT2D eigenvalue weighted by atomic mass is 9.86. The average molecular weight is 508 g/mol. The van der Waals surface area contributed by atoms with Crippen LogP contribution in [0.1, 0.15) is 73.5 Å². The minimum absolute atomic E-state index is 0.0525. The number of ether oxygens (including phenoxy) is 2. The Kier molecular flexibility index (Phi) is 7.95. The monoisotopic (exact) mass is 507 g/mol. The molecule has 0 atom stereocenters. The van der Waals surface area contributed by atoms with Gasteiger partial charge in [-0.25, -0.2) is 4.68 Å². The van der Waals surface area contributed by atoms with Crippen molar-refractivity contribution in [2.45, 2.75) is 53.9 Å². The van der Waals surface area contributed by atoms with E-state index in [4.69, 9.17) is 9.47 Å². The number of aromatic nitrogens is 3. The average Bonchev–Trinajstić information content (AvgIpc) is 3.31. The van der Waals surface area contributed by atoms with E-state index in [1.54, 1.807) is 25.4 Å². The van der Waals surface area contributed by atoms with E-state index in [0.29, 0.717) is 35.0 Å². The maximum Gasteiger partial charge on any atom is 0.273 e. The molecule has 0 aliphatic heterocycles. The van der Waals surface area contributed by atoms with Crippen LogP contribution in [0.2, 0.25) is 0 Å². The Morgan fingerprint density at radius 1 is 0.973 bits per heavy atom. The molecule has 1 heterocycles. The summed E-state index contributed by atoms with van der Waals surface area (Å²) in [6.45, 7) is 14.8. The Morgan fingerprint density at radius 2 is 1.68 bits per heavy atom. The fraction of sp³-hybridized carbons (Fsp3) is 0.429. The first-order valence-electron chi connectivity index (χ1n) is 12.1. The standard InChI is InChI=1S/C28H37N5O4/c1-17-10-11-18(12-22(17)33-15-21(31-32-33)26(35)29-16-27(2,3)4)25(34)30-20-13-19(28(5,6)7)14-23(36-8)24(20)37-9/h10-15H,16H2,1-9H3,(H,29,35)(H,30,34). The number of benzene rings is 2. The summed E-state index contributed by atoms with van der Waals surface area (Å²) in [5.74, 6) is 0.358. The minimum Gasteiger partial charge on any atom is -0.493 e. The van der Waals surface area contributed by atoms with Gasteiger partial charge < -0.3 is 20.1 Å². The summed E-state index contributed by atoms with van der Waals surface area (Å²) in [6, 6.07) is 9.09. The van der Waals surface area contributed by atoms with Crippen molar-refractivity contribution in [2.24, 2.45) is 5.41 Å². The highest BCUT2D eigenvalue weighted by Gasteiger charge is 2.22. The maximum atomic E-state index is 13.3. The molecule has 198 valence electrons. The van der Waals surface area contributed by atoms with E-state index in [2.05, 4.69) is 41.7 Å². The van der Waals surface area contributed by atoms with Crippen LogP contribution < -0.4 is 20.1 Å². The van der Waals surface area contributed by atoms with Gasteiger partial charge in [-0.15, -0.1) is 5.10 Å². The molecular weight excluding hydrogens is 470 g/mol. The van der Waals surface area contributed by atoms with Gasteiger partial charge >= 0.3 is 0 Å². The van der Waals surface area contributed by atoms with Gasteiger partial charge in [0.1, 0.15) is 0 Å². The number of anilines is 1. The predicted octanol–water partition coefficient (Wildman–Crippen LogP) is 4.92. The number of carbonyl (C=O) groups is 2. The van der Waals surface area contributed by atoms with E-state index in [9.17, 15) is 9.59 Å². The third kappa shape index (κ3) is 6.67. The lowest BCUT2D eigenvalue weighted by Crippen LogP contribution is -2.32. The highest BCUT2D eigenvalue weighted by Crippen LogP contribution is 2.40. The molecule has 1 aromatic heterocycles. The zero-order valence-corrected chi connectivity index (χ0v) is 23.1. The molecule has 2 N–H and O–H groups in total. The summed E-state index contributed by atoms with van der Waals surface area (Å²) in [7, 11) is 3.10. The second-order valence-electron chi connectivity index (χ2n) is 11.3. The van der Waals surface area contributed by atoms with E-state index in [-0.39, 0.29) is 28.3 Å². The van der Waals surface area contributed by atoms with Gasteiger partial charge in [0.25, 0.3) is 11.8 Å². The molecule has 2 amide bonds. The van der Waals surface area contributed by atoms with Crippen molar-refractivity contribution in [1.82, 2.24) is 20.3 Å². The molecular formula is C28H37N5O4. The number of methoxy groups -OCH3 is 2. The first-order chi connectivity index (χ1) is 17.2. The van der Waals surface area contributed by atoms with Gasteiger partial charge in [-0.2, -0.15) is 0 Å². The summed E-state index contributed by atoms with van der Waals surface area (Å²) >= 11 is 0. The van der Waals surface area contributed by atoms with Crippen LogP contribution in [0.5, 0.6) is 11.5 Å². The van der Waals surface area contributed by atoms with Crippen molar-refractivity contribution in [3.05, 3.63) is 58.9 Å². The second-order valence-corrected chi connectivity index (χ2v) is 11.3. The fourth-order valence-electron chi connectivity index (χ4n) is 3.60. The van der Waals surface area contributed by atoms with Gasteiger partial charge in [0.05, 0.1) is 31.8 Å². The van der Waals surface area contributed by atoms with Gasteiger partial charge in [0.15, 0.2) is 17.2 Å². The highest BCUT2D eigenvalue weighted by molar-refractivity contribution is 6.05. The maximum absolute atomic E-state index is 13.3. The first kappa shape index (κ1) is 27.7. The predicted molar refractivity (Wildman–Crippen MR) is 144 cm³/mol. The number of rotatable bonds is 7. The van der Waals surface area contributed by atoms with Gasteiger partial charge in [-0.05, 0) is 53.1 Å². The van der Waals surface area contributed by atoms with Crippen LogP contribution in [0, 0.1) is 12.3 Å². The molecule has 9 heteroatoms. The van der Waals surface area contributed by atoms with Crippen molar-refractivity contribution >= 4 is 17.5 Å². The molecule has 0 fully saturated rings. The number of nitrogens with one attached hydrogen (secondary N) is 2. The van der Waals surface area contributed by atoms with Crippen LogP contribution in [0.15, 0.2) is 36.5 Å². The van der Waals surface area contributed by atoms with E-state index >= 15 is 0 Å². The van der Waals surface area contributed by atoms with Gasteiger partial charge in [-0.3, -0.25) is 9.59 Å². The summed E-state index contributed by atoms with van der Waals surface area (Å²) in [6.07, 6.45) is 1.56. The highest BCUT2D eigenvalue weighted by atomic mass is 16.5. The number of nitrogens with zero attached hydrogens (tertiary/aromatic N) is 3. The molecule has 0 spiro atoms. The van der Waals surface area contributed by atoms with Crippen molar-refractivity contribution < 1.29 is 19.1 Å². The number of amides is 2. The first-order valence-corrected chi connectivity index (χ1v) is 12.1. The molecule has 0 saturated carbocycles. The molecule has 0 unspecified atom stereocenters. The fourth-order valence-corrected chi connectivity index (χ4v) is 3.60. The van der Waals surface area contributed by atoms with Crippen molar-refractivity contribution in [2.75, 3.05) is 26.1 Å². The van der Waals surface area contributed by atoms with E-state index in [1.165, 1.54) is 11.8 Å². The minimum atomic E-state index is -0.323. The molecule has 0 saturated heterocycles. The van der Waals surface area contributed by atoms with Crippen LogP contribution in [-0.2, 0) is 5.41 Å². The van der Waals surface area contributed by atoms with E-state index in [1.807, 2.05) is 45.9 Å². The summed E-state index contributed by atoms with van der Waals surface area (Å²) in [5.41, 5.74) is 3.41. The third-order valence-corrected chi connectivity index (χ3v) is 5.82. The SMILES string of the molecule is COc1cc(C(C)(C)C)cc(NC(=O)c2ccc(C)c(-n3cc(C(=O)NCC(C)(C)C)nn3)c2)c1OC. The van der Waals surface area contributed by atoms with Crippen LogP contribution in [0.25, 0.3) is 5.69 Å². The smallest absolute Gasteiger partial charge is 0.273 e. The van der Waals surface area contributed by atoms with Crippen molar-refractivity contribution in [3.8, 4) is 17.2 Å². The normalized spacial score (nSPS) is 11.7. The van der Waals surface area contributed by atoms with Crippen LogP contribution in [0.3, 0.4) is 0 Å². The largest absolute Gasteiger partial charge is 0.493 e. The number of carbonyl (C=O) groups excluding carboxylic acids is 2. The number of hydrogen-bond donors (Lipinski definition) is 2. The summed E-state index contributed by atoms with van der Waals surface area (Å²) in [5, 5.41) is 14.0. The Hall–Kier alpha value is -3.88. The zero-order chi connectivity index (χ0) is 27.5. The lowest BCUT2D eigenvalue weighted by Gasteiger charge is -2.23. The molecule has 2 aromatic carbocycles. The molecule has 37 heavy (non-hydrogen) atoms. The molecule has 0 aliphatic rings. The Bertz CT molecular complexity index is 1300. The third-order valence-electron chi connectivity index (χ3n) is 5.82. The number of aryl methyl sites for hydroxylation is 1. The van der Waals surface area contributed by atoms with E-state index in [0.717, 1.165) is 11.1 Å². The van der Waals surface area contributed by atoms with Crippen LogP contribution in [0.4, 0.5) is 5.69 Å². The van der Waals surface area contributed by atoms with Crippen molar-refractivity contribution in [3.63, 3.8) is 0 Å². The molecule has 3 rings (SSSR count). The Labute approximate surface area is 218 Å².